The molecule has 0 saturated heterocycles. The first-order valence-corrected chi connectivity index (χ1v) is 9.71. The van der Waals surface area contributed by atoms with Gasteiger partial charge in [0, 0.05) is 5.39 Å². The Labute approximate surface area is 168 Å². The molecule has 0 unspecified atom stereocenters. The number of thiazole rings is 1. The number of furan rings is 1. The Bertz CT molecular complexity index is 1380. The summed E-state index contributed by atoms with van der Waals surface area (Å²) in [4.78, 5) is 29.0. The number of aromatic nitrogens is 3. The molecule has 142 valence electrons. The molecule has 3 heterocycles. The number of aromatic amines is 1. The number of carbonyl (C=O) groups excluding carboxylic acids is 1. The lowest BCUT2D eigenvalue weighted by Crippen LogP contribution is -2.26. The van der Waals surface area contributed by atoms with Crippen molar-refractivity contribution in [1.29, 1.82) is 0 Å². The van der Waals surface area contributed by atoms with Gasteiger partial charge < -0.3 is 9.73 Å². The Morgan fingerprint density at radius 1 is 1.03 bits per heavy atom. The second kappa shape index (κ2) is 6.99. The van der Waals surface area contributed by atoms with Crippen LogP contribution < -0.4 is 10.9 Å². The van der Waals surface area contributed by atoms with E-state index in [0.717, 1.165) is 15.2 Å². The number of benzene rings is 2. The Morgan fingerprint density at radius 2 is 1.83 bits per heavy atom. The summed E-state index contributed by atoms with van der Waals surface area (Å²) in [5.41, 5.74) is 0.761. The smallest absolute Gasteiger partial charge is 0.272 e. The minimum atomic E-state index is -0.393. The maximum atomic E-state index is 12.6. The normalized spacial score (nSPS) is 11.2. The topological polar surface area (TPSA) is 101 Å². The van der Waals surface area contributed by atoms with Gasteiger partial charge >= 0.3 is 0 Å². The van der Waals surface area contributed by atoms with Gasteiger partial charge in [-0.15, -0.1) is 11.3 Å². The first kappa shape index (κ1) is 17.3. The number of para-hydroxylation sites is 1. The quantitative estimate of drug-likeness (QED) is 0.477. The van der Waals surface area contributed by atoms with Gasteiger partial charge in [-0.3, -0.25) is 9.59 Å². The number of carbonyl (C=O) groups is 1. The van der Waals surface area contributed by atoms with Crippen LogP contribution in [0.1, 0.15) is 16.2 Å². The van der Waals surface area contributed by atoms with Crippen LogP contribution in [0, 0.1) is 0 Å². The molecule has 0 spiro atoms. The molecular weight excluding hydrogens is 388 g/mol. The van der Waals surface area contributed by atoms with Crippen LogP contribution in [0.2, 0.25) is 0 Å². The molecule has 2 aromatic carbocycles. The molecule has 0 saturated carbocycles. The largest absolute Gasteiger partial charge is 0.457 e. The maximum absolute atomic E-state index is 12.6. The van der Waals surface area contributed by atoms with Crippen molar-refractivity contribution in [3.8, 4) is 10.8 Å². The van der Waals surface area contributed by atoms with Crippen LogP contribution in [0.5, 0.6) is 0 Å². The summed E-state index contributed by atoms with van der Waals surface area (Å²) in [5.74, 6) is 0.861. The number of nitrogens with zero attached hydrogens (tertiary/aromatic N) is 2. The molecule has 0 radical (unpaired) electrons. The average molecular weight is 402 g/mol. The van der Waals surface area contributed by atoms with Crippen LogP contribution in [-0.4, -0.2) is 21.1 Å². The molecule has 0 bridgehead atoms. The highest BCUT2D eigenvalue weighted by Gasteiger charge is 2.15. The highest BCUT2D eigenvalue weighted by molar-refractivity contribution is 7.21. The van der Waals surface area contributed by atoms with Crippen molar-refractivity contribution in [1.82, 2.24) is 20.5 Å². The standard InChI is InChI=1S/C21H14N4O3S/c26-19-14-6-2-1-5-13(14)18(24-25-19)20(27)22-11-12-9-10-16(28-12)21-23-15-7-3-4-8-17(15)29-21/h1-10H,11H2,(H,22,27)(H,25,26). The summed E-state index contributed by atoms with van der Waals surface area (Å²) >= 11 is 1.55. The van der Waals surface area contributed by atoms with Crippen molar-refractivity contribution in [2.45, 2.75) is 6.54 Å². The van der Waals surface area contributed by atoms with E-state index in [-0.39, 0.29) is 17.8 Å². The molecule has 5 rings (SSSR count). The third kappa shape index (κ3) is 3.19. The second-order valence-electron chi connectivity index (χ2n) is 6.38. The summed E-state index contributed by atoms with van der Waals surface area (Å²) < 4.78 is 6.93. The highest BCUT2D eigenvalue weighted by atomic mass is 32.1. The van der Waals surface area contributed by atoms with Crippen molar-refractivity contribution in [3.63, 3.8) is 0 Å². The molecule has 0 atom stereocenters. The van der Waals surface area contributed by atoms with Crippen LogP contribution >= 0.6 is 11.3 Å². The fourth-order valence-corrected chi connectivity index (χ4v) is 4.03. The molecule has 0 aliphatic carbocycles. The fourth-order valence-electron chi connectivity index (χ4n) is 3.10. The molecule has 5 aromatic rings. The fraction of sp³-hybridized carbons (Fsp3) is 0.0476. The first-order valence-electron chi connectivity index (χ1n) is 8.89. The second-order valence-corrected chi connectivity index (χ2v) is 7.41. The summed E-state index contributed by atoms with van der Waals surface area (Å²) in [6.07, 6.45) is 0. The zero-order valence-corrected chi connectivity index (χ0v) is 15.8. The predicted molar refractivity (Wildman–Crippen MR) is 111 cm³/mol. The molecule has 2 N–H and O–H groups in total. The zero-order valence-electron chi connectivity index (χ0n) is 15.0. The van der Waals surface area contributed by atoms with Gasteiger partial charge in [-0.05, 0) is 30.3 Å². The molecule has 29 heavy (non-hydrogen) atoms. The van der Waals surface area contributed by atoms with Crippen molar-refractivity contribution < 1.29 is 9.21 Å². The monoisotopic (exact) mass is 402 g/mol. The van der Waals surface area contributed by atoms with Crippen LogP contribution in [0.4, 0.5) is 0 Å². The molecule has 7 nitrogen and oxygen atoms in total. The average Bonchev–Trinajstić information content (AvgIpc) is 3.39. The van der Waals surface area contributed by atoms with Gasteiger partial charge in [-0.25, -0.2) is 10.1 Å². The van der Waals surface area contributed by atoms with Crippen LogP contribution in [0.3, 0.4) is 0 Å². The Balaban J connectivity index is 1.35. The molecule has 0 fully saturated rings. The van der Waals surface area contributed by atoms with Crippen molar-refractivity contribution in [2.75, 3.05) is 0 Å². The van der Waals surface area contributed by atoms with Crippen molar-refractivity contribution in [2.24, 2.45) is 0 Å². The van der Waals surface area contributed by atoms with E-state index in [2.05, 4.69) is 20.5 Å². The molecule has 3 aromatic heterocycles. The lowest BCUT2D eigenvalue weighted by Gasteiger charge is -2.05. The maximum Gasteiger partial charge on any atom is 0.272 e. The summed E-state index contributed by atoms with van der Waals surface area (Å²) in [7, 11) is 0. The highest BCUT2D eigenvalue weighted by Crippen LogP contribution is 2.31. The lowest BCUT2D eigenvalue weighted by molar-refractivity contribution is 0.0944. The Kier molecular flexibility index (Phi) is 4.18. The predicted octanol–water partition coefficient (Wildman–Crippen LogP) is 3.72. The SMILES string of the molecule is O=C(NCc1ccc(-c2nc3ccccc3s2)o1)c1n[nH]c(=O)c2ccccc12. The van der Waals surface area contributed by atoms with Crippen LogP contribution in [-0.2, 0) is 6.54 Å². The summed E-state index contributed by atoms with van der Waals surface area (Å²) in [5, 5.41) is 10.8. The zero-order chi connectivity index (χ0) is 19.8. The third-order valence-electron chi connectivity index (χ3n) is 4.50. The van der Waals surface area contributed by atoms with E-state index >= 15 is 0 Å². The molecular formula is C21H14N4O3S. The van der Waals surface area contributed by atoms with Gasteiger partial charge in [0.1, 0.15) is 5.76 Å². The number of hydrogen-bond acceptors (Lipinski definition) is 6. The van der Waals surface area contributed by atoms with Crippen molar-refractivity contribution in [3.05, 3.63) is 82.5 Å². The number of nitrogens with one attached hydrogen (secondary N) is 2. The number of rotatable bonds is 4. The third-order valence-corrected chi connectivity index (χ3v) is 5.55. The van der Waals surface area contributed by atoms with Crippen molar-refractivity contribution >= 4 is 38.2 Å². The Hall–Kier alpha value is -3.78. The van der Waals surface area contributed by atoms with Gasteiger partial charge in [-0.2, -0.15) is 5.10 Å². The van der Waals surface area contributed by atoms with Gasteiger partial charge in [0.05, 0.1) is 22.1 Å². The molecule has 0 aliphatic heterocycles. The number of fused-ring (bicyclic) bond motifs is 2. The van der Waals surface area contributed by atoms with Gasteiger partial charge in [-0.1, -0.05) is 30.3 Å². The minimum absolute atomic E-state index is 0.165. The number of amides is 1. The number of H-pyrrole nitrogens is 1. The summed E-state index contributed by atoms with van der Waals surface area (Å²) in [6.45, 7) is 0.193. The van der Waals surface area contributed by atoms with Crippen LogP contribution in [0.25, 0.3) is 31.8 Å². The minimum Gasteiger partial charge on any atom is -0.457 e. The van der Waals surface area contributed by atoms with Gasteiger partial charge in [0.2, 0.25) is 0 Å². The van der Waals surface area contributed by atoms with E-state index in [1.54, 1.807) is 41.7 Å². The van der Waals surface area contributed by atoms with Crippen LogP contribution in [0.15, 0.2) is 69.9 Å². The first-order chi connectivity index (χ1) is 14.2. The molecule has 8 heteroatoms. The van der Waals surface area contributed by atoms with E-state index in [9.17, 15) is 9.59 Å². The van der Waals surface area contributed by atoms with E-state index in [1.807, 2.05) is 30.3 Å². The van der Waals surface area contributed by atoms with E-state index in [1.165, 1.54) is 0 Å². The Morgan fingerprint density at radius 3 is 2.69 bits per heavy atom. The lowest BCUT2D eigenvalue weighted by atomic mass is 10.1. The number of hydrogen-bond donors (Lipinski definition) is 2. The van der Waals surface area contributed by atoms with E-state index in [4.69, 9.17) is 4.42 Å². The van der Waals surface area contributed by atoms with Gasteiger partial charge in [0.15, 0.2) is 16.5 Å². The molecule has 1 amide bonds. The van der Waals surface area contributed by atoms with E-state index in [0.29, 0.717) is 22.3 Å². The van der Waals surface area contributed by atoms with E-state index < -0.39 is 5.91 Å². The van der Waals surface area contributed by atoms with Gasteiger partial charge in [0.25, 0.3) is 11.5 Å². The summed E-state index contributed by atoms with van der Waals surface area (Å²) in [6, 6.07) is 18.4. The molecule has 0 aliphatic rings.